The first-order valence-electron chi connectivity index (χ1n) is 6.28. The molecule has 0 aliphatic rings. The summed E-state index contributed by atoms with van der Waals surface area (Å²) >= 11 is 1.85. The van der Waals surface area contributed by atoms with Gasteiger partial charge >= 0.3 is 0 Å². The van der Waals surface area contributed by atoms with Crippen LogP contribution in [0.4, 0.5) is 0 Å². The van der Waals surface area contributed by atoms with Gasteiger partial charge in [0.15, 0.2) is 0 Å². The van der Waals surface area contributed by atoms with E-state index in [1.165, 1.54) is 42.5 Å². The average Bonchev–Trinajstić information content (AvgIpc) is 2.68. The first-order chi connectivity index (χ1) is 7.84. The number of unbranched alkanes of at least 4 members (excludes halogenated alkanes) is 4. The second-order valence-corrected chi connectivity index (χ2v) is 5.26. The zero-order valence-electron chi connectivity index (χ0n) is 10.3. The fourth-order valence-corrected chi connectivity index (χ4v) is 2.59. The smallest absolute Gasteiger partial charge is 0.0302 e. The standard InChI is InChI=1S/C13H24N2S/c1-12-7-10-16-13(12)11-15-9-6-4-2-3-5-8-14/h7,10,15H,2-6,8-9,11,14H2,1H3. The van der Waals surface area contributed by atoms with Crippen LogP contribution in [0, 0.1) is 6.92 Å². The van der Waals surface area contributed by atoms with Crippen LogP contribution >= 0.6 is 11.3 Å². The number of hydrogen-bond acceptors (Lipinski definition) is 3. The first kappa shape index (κ1) is 13.7. The Hall–Kier alpha value is -0.380. The van der Waals surface area contributed by atoms with Gasteiger partial charge in [-0.2, -0.15) is 0 Å². The van der Waals surface area contributed by atoms with Crippen LogP contribution in [0.15, 0.2) is 11.4 Å². The van der Waals surface area contributed by atoms with Crippen molar-refractivity contribution in [1.29, 1.82) is 0 Å². The van der Waals surface area contributed by atoms with Gasteiger partial charge in [0, 0.05) is 11.4 Å². The molecule has 1 aromatic rings. The highest BCUT2D eigenvalue weighted by atomic mass is 32.1. The van der Waals surface area contributed by atoms with Crippen LogP contribution in [0.25, 0.3) is 0 Å². The molecule has 1 rings (SSSR count). The third-order valence-electron chi connectivity index (χ3n) is 2.81. The Balaban J connectivity index is 1.91. The average molecular weight is 240 g/mol. The quantitative estimate of drug-likeness (QED) is 0.651. The summed E-state index contributed by atoms with van der Waals surface area (Å²) in [4.78, 5) is 1.48. The van der Waals surface area contributed by atoms with Crippen LogP contribution in [0.2, 0.25) is 0 Å². The molecule has 0 bridgehead atoms. The van der Waals surface area contributed by atoms with E-state index in [1.807, 2.05) is 11.3 Å². The molecule has 0 aromatic carbocycles. The van der Waals surface area contributed by atoms with Crippen LogP contribution < -0.4 is 11.1 Å². The van der Waals surface area contributed by atoms with Crippen molar-refractivity contribution in [2.75, 3.05) is 13.1 Å². The van der Waals surface area contributed by atoms with Gasteiger partial charge in [0.1, 0.15) is 0 Å². The van der Waals surface area contributed by atoms with Gasteiger partial charge in [-0.25, -0.2) is 0 Å². The molecule has 0 unspecified atom stereocenters. The highest BCUT2D eigenvalue weighted by molar-refractivity contribution is 7.10. The van der Waals surface area contributed by atoms with Gasteiger partial charge in [-0.3, -0.25) is 0 Å². The highest BCUT2D eigenvalue weighted by Crippen LogP contribution is 2.14. The van der Waals surface area contributed by atoms with E-state index in [0.29, 0.717) is 0 Å². The van der Waals surface area contributed by atoms with E-state index in [2.05, 4.69) is 23.7 Å². The third-order valence-corrected chi connectivity index (χ3v) is 3.83. The highest BCUT2D eigenvalue weighted by Gasteiger charge is 1.98. The Kier molecular flexibility index (Phi) is 7.47. The number of thiophene rings is 1. The van der Waals surface area contributed by atoms with Crippen LogP contribution in [0.5, 0.6) is 0 Å². The van der Waals surface area contributed by atoms with E-state index >= 15 is 0 Å². The molecule has 2 nitrogen and oxygen atoms in total. The summed E-state index contributed by atoms with van der Waals surface area (Å²) in [6.45, 7) is 5.20. The van der Waals surface area contributed by atoms with E-state index in [4.69, 9.17) is 5.73 Å². The third kappa shape index (κ3) is 5.64. The van der Waals surface area contributed by atoms with Crippen LogP contribution in [-0.2, 0) is 6.54 Å². The second-order valence-electron chi connectivity index (χ2n) is 4.26. The van der Waals surface area contributed by atoms with Crippen LogP contribution in [0.3, 0.4) is 0 Å². The van der Waals surface area contributed by atoms with Crippen molar-refractivity contribution >= 4 is 11.3 Å². The lowest BCUT2D eigenvalue weighted by Gasteiger charge is -2.04. The Bertz CT molecular complexity index is 271. The minimum atomic E-state index is 0.843. The number of hydrogen-bond donors (Lipinski definition) is 2. The van der Waals surface area contributed by atoms with Crippen LogP contribution in [-0.4, -0.2) is 13.1 Å². The molecule has 0 aliphatic carbocycles. The molecule has 0 saturated carbocycles. The Morgan fingerprint density at radius 3 is 2.62 bits per heavy atom. The fraction of sp³-hybridized carbons (Fsp3) is 0.692. The molecule has 0 radical (unpaired) electrons. The van der Waals surface area contributed by atoms with Crippen molar-refractivity contribution in [3.8, 4) is 0 Å². The van der Waals surface area contributed by atoms with Gasteiger partial charge in [0.05, 0.1) is 0 Å². The number of rotatable bonds is 9. The second kappa shape index (κ2) is 8.74. The number of nitrogens with two attached hydrogens (primary N) is 1. The maximum absolute atomic E-state index is 5.45. The van der Waals surface area contributed by atoms with Gasteiger partial charge < -0.3 is 11.1 Å². The van der Waals surface area contributed by atoms with E-state index in [0.717, 1.165) is 19.6 Å². The zero-order valence-corrected chi connectivity index (χ0v) is 11.1. The van der Waals surface area contributed by atoms with Gasteiger partial charge in [-0.15, -0.1) is 11.3 Å². The Morgan fingerprint density at radius 1 is 1.19 bits per heavy atom. The molecular weight excluding hydrogens is 216 g/mol. The number of nitrogens with one attached hydrogen (secondary N) is 1. The molecule has 0 atom stereocenters. The molecule has 1 aromatic heterocycles. The fourth-order valence-electron chi connectivity index (χ4n) is 1.71. The lowest BCUT2D eigenvalue weighted by molar-refractivity contribution is 0.578. The maximum atomic E-state index is 5.45. The summed E-state index contributed by atoms with van der Waals surface area (Å²) in [7, 11) is 0. The van der Waals surface area contributed by atoms with E-state index < -0.39 is 0 Å². The molecule has 0 fully saturated rings. The van der Waals surface area contributed by atoms with Crippen molar-refractivity contribution in [3.63, 3.8) is 0 Å². The summed E-state index contributed by atoms with van der Waals surface area (Å²) in [5.74, 6) is 0. The molecule has 1 heterocycles. The first-order valence-corrected chi connectivity index (χ1v) is 7.16. The SMILES string of the molecule is Cc1ccsc1CNCCCCCCCN. The molecule has 0 spiro atoms. The van der Waals surface area contributed by atoms with Gasteiger partial charge in [-0.1, -0.05) is 19.3 Å². The topological polar surface area (TPSA) is 38.0 Å². The Labute approximate surface area is 103 Å². The Morgan fingerprint density at radius 2 is 1.94 bits per heavy atom. The summed E-state index contributed by atoms with van der Waals surface area (Å²) in [5.41, 5.74) is 6.87. The van der Waals surface area contributed by atoms with Gasteiger partial charge in [0.25, 0.3) is 0 Å². The lowest BCUT2D eigenvalue weighted by Crippen LogP contribution is -2.14. The van der Waals surface area contributed by atoms with Crippen LogP contribution in [0.1, 0.15) is 42.5 Å². The van der Waals surface area contributed by atoms with Gasteiger partial charge in [0.2, 0.25) is 0 Å². The minimum Gasteiger partial charge on any atom is -0.330 e. The molecule has 92 valence electrons. The minimum absolute atomic E-state index is 0.843. The van der Waals surface area contributed by atoms with Crippen molar-refractivity contribution < 1.29 is 0 Å². The summed E-state index contributed by atoms with van der Waals surface area (Å²) in [5, 5.41) is 5.67. The molecule has 0 saturated heterocycles. The summed E-state index contributed by atoms with van der Waals surface area (Å²) < 4.78 is 0. The zero-order chi connectivity index (χ0) is 11.6. The van der Waals surface area contributed by atoms with Crippen molar-refractivity contribution in [1.82, 2.24) is 5.32 Å². The van der Waals surface area contributed by atoms with E-state index in [1.54, 1.807) is 0 Å². The maximum Gasteiger partial charge on any atom is 0.0302 e. The summed E-state index contributed by atoms with van der Waals surface area (Å²) in [6.07, 6.45) is 6.42. The van der Waals surface area contributed by atoms with E-state index in [9.17, 15) is 0 Å². The largest absolute Gasteiger partial charge is 0.330 e. The van der Waals surface area contributed by atoms with E-state index in [-0.39, 0.29) is 0 Å². The van der Waals surface area contributed by atoms with Crippen molar-refractivity contribution in [2.24, 2.45) is 5.73 Å². The predicted octanol–water partition coefficient (Wildman–Crippen LogP) is 3.06. The summed E-state index contributed by atoms with van der Waals surface area (Å²) in [6, 6.07) is 2.19. The van der Waals surface area contributed by atoms with Gasteiger partial charge in [-0.05, 0) is 49.9 Å². The normalized spacial score (nSPS) is 10.9. The monoisotopic (exact) mass is 240 g/mol. The van der Waals surface area contributed by atoms with Crippen molar-refractivity contribution in [2.45, 2.75) is 45.6 Å². The molecule has 3 heteroatoms. The molecular formula is C13H24N2S. The molecule has 0 amide bonds. The molecule has 16 heavy (non-hydrogen) atoms. The predicted molar refractivity (Wildman–Crippen MR) is 72.9 cm³/mol. The lowest BCUT2D eigenvalue weighted by atomic mass is 10.1. The van der Waals surface area contributed by atoms with Crippen molar-refractivity contribution in [3.05, 3.63) is 21.9 Å². The molecule has 0 aliphatic heterocycles. The molecule has 3 N–H and O–H groups in total. The number of aryl methyl sites for hydroxylation is 1.